The molecule has 0 saturated carbocycles. The summed E-state index contributed by atoms with van der Waals surface area (Å²) in [5, 5.41) is 9.39. The molecule has 90 valence electrons. The standard InChI is InChI=1S/C15H24O/c1-2-15(16)13-9-4-3-6-10-14-11-7-5-8-12-14/h5,7-8,11-12,15-16H,2-4,6,9-10,13H2,1H3/t15-/m0/s1. The van der Waals surface area contributed by atoms with Gasteiger partial charge in [0.1, 0.15) is 0 Å². The lowest BCUT2D eigenvalue weighted by molar-refractivity contribution is 0.156. The molecule has 1 N–H and O–H groups in total. The number of rotatable bonds is 8. The maximum absolute atomic E-state index is 9.39. The summed E-state index contributed by atoms with van der Waals surface area (Å²) >= 11 is 0. The molecule has 0 heterocycles. The predicted octanol–water partition coefficient (Wildman–Crippen LogP) is 3.95. The fourth-order valence-electron chi connectivity index (χ4n) is 1.91. The van der Waals surface area contributed by atoms with E-state index in [-0.39, 0.29) is 6.10 Å². The van der Waals surface area contributed by atoms with Gasteiger partial charge in [-0.05, 0) is 31.2 Å². The molecule has 0 amide bonds. The molecule has 0 aliphatic rings. The van der Waals surface area contributed by atoms with Gasteiger partial charge in [0, 0.05) is 0 Å². The van der Waals surface area contributed by atoms with Crippen LogP contribution in [0.15, 0.2) is 30.3 Å². The van der Waals surface area contributed by atoms with Gasteiger partial charge >= 0.3 is 0 Å². The van der Waals surface area contributed by atoms with Gasteiger partial charge in [0.25, 0.3) is 0 Å². The van der Waals surface area contributed by atoms with Crippen LogP contribution in [0, 0.1) is 0 Å². The van der Waals surface area contributed by atoms with Gasteiger partial charge in [-0.25, -0.2) is 0 Å². The summed E-state index contributed by atoms with van der Waals surface area (Å²) in [5.41, 5.74) is 1.44. The van der Waals surface area contributed by atoms with Crippen LogP contribution in [0.2, 0.25) is 0 Å². The number of hydrogen-bond donors (Lipinski definition) is 1. The first-order valence-corrected chi connectivity index (χ1v) is 6.55. The van der Waals surface area contributed by atoms with Gasteiger partial charge in [-0.2, -0.15) is 0 Å². The summed E-state index contributed by atoms with van der Waals surface area (Å²) in [6.45, 7) is 2.04. The number of benzene rings is 1. The van der Waals surface area contributed by atoms with Gasteiger partial charge in [-0.15, -0.1) is 0 Å². The topological polar surface area (TPSA) is 20.2 Å². The highest BCUT2D eigenvalue weighted by molar-refractivity contribution is 5.14. The molecule has 1 heteroatoms. The van der Waals surface area contributed by atoms with E-state index in [0.29, 0.717) is 0 Å². The summed E-state index contributed by atoms with van der Waals surface area (Å²) in [6, 6.07) is 10.7. The molecule has 1 nitrogen and oxygen atoms in total. The van der Waals surface area contributed by atoms with E-state index in [1.165, 1.54) is 37.7 Å². The number of aryl methyl sites for hydroxylation is 1. The fraction of sp³-hybridized carbons (Fsp3) is 0.600. The minimum atomic E-state index is -0.0749. The Morgan fingerprint density at radius 2 is 1.69 bits per heavy atom. The molecule has 0 fully saturated rings. The maximum Gasteiger partial charge on any atom is 0.0537 e. The van der Waals surface area contributed by atoms with E-state index in [1.54, 1.807) is 0 Å². The largest absolute Gasteiger partial charge is 0.393 e. The van der Waals surface area contributed by atoms with Crippen LogP contribution in [-0.4, -0.2) is 11.2 Å². The zero-order valence-corrected chi connectivity index (χ0v) is 10.4. The molecule has 1 aromatic rings. The van der Waals surface area contributed by atoms with E-state index in [4.69, 9.17) is 0 Å². The first-order chi connectivity index (χ1) is 7.83. The van der Waals surface area contributed by atoms with Crippen LogP contribution < -0.4 is 0 Å². The Labute approximate surface area is 99.5 Å². The Morgan fingerprint density at radius 1 is 1.00 bits per heavy atom. The summed E-state index contributed by atoms with van der Waals surface area (Å²) in [6.07, 6.45) is 7.96. The third-order valence-corrected chi connectivity index (χ3v) is 3.07. The number of hydrogen-bond acceptors (Lipinski definition) is 1. The van der Waals surface area contributed by atoms with Crippen molar-refractivity contribution in [3.8, 4) is 0 Å². The van der Waals surface area contributed by atoms with Crippen LogP contribution in [0.3, 0.4) is 0 Å². The molecule has 16 heavy (non-hydrogen) atoms. The van der Waals surface area contributed by atoms with Crippen molar-refractivity contribution in [1.82, 2.24) is 0 Å². The van der Waals surface area contributed by atoms with E-state index in [2.05, 4.69) is 30.3 Å². The van der Waals surface area contributed by atoms with Crippen molar-refractivity contribution in [3.05, 3.63) is 35.9 Å². The summed E-state index contributed by atoms with van der Waals surface area (Å²) in [4.78, 5) is 0. The van der Waals surface area contributed by atoms with E-state index < -0.39 is 0 Å². The highest BCUT2D eigenvalue weighted by Gasteiger charge is 1.99. The molecule has 0 spiro atoms. The van der Waals surface area contributed by atoms with Crippen LogP contribution in [0.25, 0.3) is 0 Å². The summed E-state index contributed by atoms with van der Waals surface area (Å²) < 4.78 is 0. The Kier molecular flexibility index (Phi) is 6.91. The quantitative estimate of drug-likeness (QED) is 0.658. The molecular weight excluding hydrogens is 196 g/mol. The highest BCUT2D eigenvalue weighted by Crippen LogP contribution is 2.10. The van der Waals surface area contributed by atoms with E-state index in [0.717, 1.165) is 12.8 Å². The van der Waals surface area contributed by atoms with Crippen molar-refractivity contribution in [2.75, 3.05) is 0 Å². The average Bonchev–Trinajstić information content (AvgIpc) is 2.34. The third kappa shape index (κ3) is 5.92. The number of unbranched alkanes of at least 4 members (excludes halogenated alkanes) is 3. The molecular formula is C15H24O. The first kappa shape index (κ1) is 13.2. The summed E-state index contributed by atoms with van der Waals surface area (Å²) in [7, 11) is 0. The minimum Gasteiger partial charge on any atom is -0.393 e. The molecule has 0 aromatic heterocycles. The smallest absolute Gasteiger partial charge is 0.0537 e. The lowest BCUT2D eigenvalue weighted by atomic mass is 10.0. The number of aliphatic hydroxyl groups excluding tert-OH is 1. The lowest BCUT2D eigenvalue weighted by Crippen LogP contribution is -2.03. The fourth-order valence-corrected chi connectivity index (χ4v) is 1.91. The SMILES string of the molecule is CC[C@H](O)CCCCCCc1ccccc1. The Hall–Kier alpha value is -0.820. The van der Waals surface area contributed by atoms with Crippen LogP contribution in [0.5, 0.6) is 0 Å². The van der Waals surface area contributed by atoms with Crippen molar-refractivity contribution in [2.24, 2.45) is 0 Å². The molecule has 0 aliphatic carbocycles. The Bertz CT molecular complexity index is 255. The average molecular weight is 220 g/mol. The van der Waals surface area contributed by atoms with Gasteiger partial charge in [0.2, 0.25) is 0 Å². The Balaban J connectivity index is 1.96. The van der Waals surface area contributed by atoms with Gasteiger partial charge in [-0.1, -0.05) is 56.5 Å². The van der Waals surface area contributed by atoms with Crippen LogP contribution >= 0.6 is 0 Å². The van der Waals surface area contributed by atoms with Crippen LogP contribution in [-0.2, 0) is 6.42 Å². The molecule has 0 saturated heterocycles. The first-order valence-electron chi connectivity index (χ1n) is 6.55. The molecule has 0 unspecified atom stereocenters. The summed E-state index contributed by atoms with van der Waals surface area (Å²) in [5.74, 6) is 0. The van der Waals surface area contributed by atoms with Crippen molar-refractivity contribution >= 4 is 0 Å². The maximum atomic E-state index is 9.39. The molecule has 1 aromatic carbocycles. The van der Waals surface area contributed by atoms with E-state index in [1.807, 2.05) is 6.92 Å². The molecule has 0 aliphatic heterocycles. The van der Waals surface area contributed by atoms with Gasteiger partial charge in [0.05, 0.1) is 6.10 Å². The van der Waals surface area contributed by atoms with Gasteiger partial charge < -0.3 is 5.11 Å². The second-order valence-electron chi connectivity index (χ2n) is 4.50. The minimum absolute atomic E-state index is 0.0749. The van der Waals surface area contributed by atoms with E-state index >= 15 is 0 Å². The Morgan fingerprint density at radius 3 is 2.38 bits per heavy atom. The van der Waals surface area contributed by atoms with Gasteiger partial charge in [0.15, 0.2) is 0 Å². The zero-order valence-electron chi connectivity index (χ0n) is 10.4. The predicted molar refractivity (Wildman–Crippen MR) is 69.5 cm³/mol. The molecule has 1 rings (SSSR count). The van der Waals surface area contributed by atoms with Crippen LogP contribution in [0.4, 0.5) is 0 Å². The second kappa shape index (κ2) is 8.35. The van der Waals surface area contributed by atoms with Crippen molar-refractivity contribution in [2.45, 2.75) is 58.0 Å². The third-order valence-electron chi connectivity index (χ3n) is 3.07. The van der Waals surface area contributed by atoms with Crippen molar-refractivity contribution < 1.29 is 5.11 Å². The monoisotopic (exact) mass is 220 g/mol. The zero-order chi connectivity index (χ0) is 11.6. The molecule has 0 radical (unpaired) electrons. The highest BCUT2D eigenvalue weighted by atomic mass is 16.3. The normalized spacial score (nSPS) is 12.6. The van der Waals surface area contributed by atoms with Crippen LogP contribution in [0.1, 0.15) is 51.0 Å². The number of aliphatic hydroxyl groups is 1. The lowest BCUT2D eigenvalue weighted by Gasteiger charge is -2.06. The van der Waals surface area contributed by atoms with E-state index in [9.17, 15) is 5.11 Å². The second-order valence-corrected chi connectivity index (χ2v) is 4.50. The molecule has 0 bridgehead atoms. The van der Waals surface area contributed by atoms with Gasteiger partial charge in [-0.3, -0.25) is 0 Å². The van der Waals surface area contributed by atoms with Crippen molar-refractivity contribution in [3.63, 3.8) is 0 Å². The molecule has 1 atom stereocenters. The van der Waals surface area contributed by atoms with Crippen molar-refractivity contribution in [1.29, 1.82) is 0 Å².